The lowest BCUT2D eigenvalue weighted by Crippen LogP contribution is -2.04. The van der Waals surface area contributed by atoms with Crippen molar-refractivity contribution in [3.8, 4) is 11.1 Å². The third kappa shape index (κ3) is 2.69. The maximum Gasteiger partial charge on any atom is 0.0449 e. The van der Waals surface area contributed by atoms with E-state index in [1.807, 2.05) is 18.5 Å². The Morgan fingerprint density at radius 1 is 1.10 bits per heavy atom. The van der Waals surface area contributed by atoms with Crippen LogP contribution >= 0.6 is 0 Å². The topological polar surface area (TPSA) is 25.2 Å². The van der Waals surface area contributed by atoms with Gasteiger partial charge in [0.15, 0.2) is 0 Å². The van der Waals surface area contributed by atoms with Gasteiger partial charge in [-0.05, 0) is 47.2 Å². The molecule has 0 unspecified atom stereocenters. The highest BCUT2D eigenvalue weighted by atomic mass is 14.7. The van der Waals surface area contributed by atoms with E-state index in [-0.39, 0.29) is 0 Å². The van der Waals surface area contributed by atoms with E-state index in [4.69, 9.17) is 0 Å². The van der Waals surface area contributed by atoms with Gasteiger partial charge in [0.25, 0.3) is 0 Å². The molecule has 0 fully saturated rings. The second-order valence-electron chi connectivity index (χ2n) is 5.42. The number of benzene rings is 1. The highest BCUT2D eigenvalue weighted by molar-refractivity contribution is 6.10. The zero-order valence-electron chi connectivity index (χ0n) is 11.9. The van der Waals surface area contributed by atoms with Crippen molar-refractivity contribution >= 4 is 11.8 Å². The molecule has 0 spiro atoms. The highest BCUT2D eigenvalue weighted by Gasteiger charge is 2.09. The van der Waals surface area contributed by atoms with E-state index in [9.17, 15) is 0 Å². The molecule has 1 aliphatic heterocycles. The van der Waals surface area contributed by atoms with Crippen molar-refractivity contribution in [1.29, 1.82) is 0 Å². The summed E-state index contributed by atoms with van der Waals surface area (Å²) in [4.78, 5) is 8.65. The Labute approximate surface area is 119 Å². The lowest BCUT2D eigenvalue weighted by atomic mass is 9.94. The summed E-state index contributed by atoms with van der Waals surface area (Å²) >= 11 is 0. The molecule has 0 saturated heterocycles. The molecule has 0 bridgehead atoms. The summed E-state index contributed by atoms with van der Waals surface area (Å²) in [5.41, 5.74) is 6.07. The van der Waals surface area contributed by atoms with Gasteiger partial charge in [0.1, 0.15) is 0 Å². The van der Waals surface area contributed by atoms with Crippen LogP contribution in [-0.2, 0) is 0 Å². The van der Waals surface area contributed by atoms with E-state index >= 15 is 0 Å². The Bertz CT molecular complexity index is 669. The first-order valence-corrected chi connectivity index (χ1v) is 6.96. The first-order valence-electron chi connectivity index (χ1n) is 6.96. The average Bonchev–Trinajstić information content (AvgIpc) is 2.47. The SMILES string of the molecule is Cc1cc(C2=C[C@@H](C)CN=C2)cc(-c2cccnc2)c1. The predicted octanol–water partition coefficient (Wildman–Crippen LogP) is 4.16. The molecule has 0 amide bonds. The summed E-state index contributed by atoms with van der Waals surface area (Å²) in [6.45, 7) is 5.23. The Kier molecular flexibility index (Phi) is 3.46. The van der Waals surface area contributed by atoms with Crippen molar-refractivity contribution in [2.75, 3.05) is 6.54 Å². The van der Waals surface area contributed by atoms with Crippen LogP contribution in [0.4, 0.5) is 0 Å². The summed E-state index contributed by atoms with van der Waals surface area (Å²) < 4.78 is 0. The fraction of sp³-hybridized carbons (Fsp3) is 0.222. The largest absolute Gasteiger partial charge is 0.292 e. The van der Waals surface area contributed by atoms with Gasteiger partial charge in [-0.3, -0.25) is 9.98 Å². The molecule has 3 rings (SSSR count). The smallest absolute Gasteiger partial charge is 0.0449 e. The monoisotopic (exact) mass is 262 g/mol. The van der Waals surface area contributed by atoms with Crippen molar-refractivity contribution in [3.63, 3.8) is 0 Å². The number of allylic oxidation sites excluding steroid dienone is 1. The van der Waals surface area contributed by atoms with E-state index in [1.54, 1.807) is 6.20 Å². The Morgan fingerprint density at radius 2 is 1.95 bits per heavy atom. The van der Waals surface area contributed by atoms with Gasteiger partial charge in [0.05, 0.1) is 0 Å². The van der Waals surface area contributed by atoms with Crippen LogP contribution in [0, 0.1) is 12.8 Å². The summed E-state index contributed by atoms with van der Waals surface area (Å²) in [7, 11) is 0. The summed E-state index contributed by atoms with van der Waals surface area (Å²) in [6, 6.07) is 10.7. The Balaban J connectivity index is 2.06. The van der Waals surface area contributed by atoms with Gasteiger partial charge in [-0.2, -0.15) is 0 Å². The number of nitrogens with zero attached hydrogens (tertiary/aromatic N) is 2. The first kappa shape index (κ1) is 12.8. The molecule has 1 aliphatic rings. The number of dihydropyridines is 1. The van der Waals surface area contributed by atoms with Crippen LogP contribution in [0.3, 0.4) is 0 Å². The van der Waals surface area contributed by atoms with Gasteiger partial charge in [-0.15, -0.1) is 0 Å². The molecule has 2 nitrogen and oxygen atoms in total. The van der Waals surface area contributed by atoms with Gasteiger partial charge in [-0.25, -0.2) is 0 Å². The lowest BCUT2D eigenvalue weighted by Gasteiger charge is -2.14. The Morgan fingerprint density at radius 3 is 2.70 bits per heavy atom. The van der Waals surface area contributed by atoms with Gasteiger partial charge >= 0.3 is 0 Å². The quantitative estimate of drug-likeness (QED) is 0.797. The summed E-state index contributed by atoms with van der Waals surface area (Å²) in [6.07, 6.45) is 8.00. The molecule has 1 aromatic carbocycles. The average molecular weight is 262 g/mol. The molecular weight excluding hydrogens is 244 g/mol. The van der Waals surface area contributed by atoms with Crippen molar-refractivity contribution in [2.24, 2.45) is 10.9 Å². The molecule has 2 aromatic rings. The molecule has 20 heavy (non-hydrogen) atoms. The van der Waals surface area contributed by atoms with Crippen molar-refractivity contribution in [1.82, 2.24) is 4.98 Å². The van der Waals surface area contributed by atoms with E-state index in [0.717, 1.165) is 12.1 Å². The fourth-order valence-corrected chi connectivity index (χ4v) is 2.54. The van der Waals surface area contributed by atoms with Crippen LogP contribution in [0.5, 0.6) is 0 Å². The van der Waals surface area contributed by atoms with Crippen LogP contribution in [0.2, 0.25) is 0 Å². The standard InChI is InChI=1S/C18H18N2/c1-13-6-16(15-4-3-5-19-11-15)9-17(7-13)18-8-14(2)10-20-12-18/h3-9,11-12,14H,10H2,1-2H3/t14-/m1/s1. The third-order valence-electron chi connectivity index (χ3n) is 3.49. The van der Waals surface area contributed by atoms with Gasteiger partial charge in [0.2, 0.25) is 0 Å². The Hall–Kier alpha value is -2.22. The molecule has 1 aromatic heterocycles. The van der Waals surface area contributed by atoms with Crippen molar-refractivity contribution in [3.05, 3.63) is 59.9 Å². The minimum atomic E-state index is 0.511. The number of pyridine rings is 1. The number of aryl methyl sites for hydroxylation is 1. The predicted molar refractivity (Wildman–Crippen MR) is 84.9 cm³/mol. The number of aliphatic imine (C=N–C) groups is 1. The van der Waals surface area contributed by atoms with E-state index in [2.05, 4.69) is 54.2 Å². The van der Waals surface area contributed by atoms with Crippen molar-refractivity contribution < 1.29 is 0 Å². The number of aromatic nitrogens is 1. The third-order valence-corrected chi connectivity index (χ3v) is 3.49. The normalized spacial score (nSPS) is 17.9. The molecular formula is C18H18N2. The minimum absolute atomic E-state index is 0.511. The number of rotatable bonds is 2. The number of hydrogen-bond acceptors (Lipinski definition) is 2. The molecule has 1 atom stereocenters. The second-order valence-corrected chi connectivity index (χ2v) is 5.42. The number of hydrogen-bond donors (Lipinski definition) is 0. The second kappa shape index (κ2) is 5.41. The van der Waals surface area contributed by atoms with Gasteiger partial charge in [0, 0.05) is 30.7 Å². The van der Waals surface area contributed by atoms with E-state index < -0.39 is 0 Å². The zero-order valence-corrected chi connectivity index (χ0v) is 11.9. The molecule has 100 valence electrons. The van der Waals surface area contributed by atoms with E-state index in [0.29, 0.717) is 5.92 Å². The molecule has 0 N–H and O–H groups in total. The highest BCUT2D eigenvalue weighted by Crippen LogP contribution is 2.26. The first-order chi connectivity index (χ1) is 9.72. The fourth-order valence-electron chi connectivity index (χ4n) is 2.54. The summed E-state index contributed by atoms with van der Waals surface area (Å²) in [5, 5.41) is 0. The summed E-state index contributed by atoms with van der Waals surface area (Å²) in [5.74, 6) is 0.511. The molecule has 2 heterocycles. The molecule has 0 aliphatic carbocycles. The van der Waals surface area contributed by atoms with Gasteiger partial charge < -0.3 is 0 Å². The minimum Gasteiger partial charge on any atom is -0.292 e. The zero-order chi connectivity index (χ0) is 13.9. The molecule has 0 saturated carbocycles. The van der Waals surface area contributed by atoms with Crippen LogP contribution in [-0.4, -0.2) is 17.7 Å². The van der Waals surface area contributed by atoms with Crippen molar-refractivity contribution in [2.45, 2.75) is 13.8 Å². The van der Waals surface area contributed by atoms with Crippen LogP contribution in [0.1, 0.15) is 18.1 Å². The molecule has 2 heteroatoms. The van der Waals surface area contributed by atoms with E-state index in [1.165, 1.54) is 22.3 Å². The van der Waals surface area contributed by atoms with Crippen LogP contribution < -0.4 is 0 Å². The lowest BCUT2D eigenvalue weighted by molar-refractivity contribution is 0.740. The van der Waals surface area contributed by atoms with Gasteiger partial charge in [-0.1, -0.05) is 31.2 Å². The van der Waals surface area contributed by atoms with Crippen LogP contribution in [0.25, 0.3) is 16.7 Å². The maximum atomic E-state index is 4.44. The molecule has 0 radical (unpaired) electrons. The maximum absolute atomic E-state index is 4.44. The van der Waals surface area contributed by atoms with Crippen LogP contribution in [0.15, 0.2) is 53.8 Å².